The summed E-state index contributed by atoms with van der Waals surface area (Å²) in [5.41, 5.74) is 2.50. The van der Waals surface area contributed by atoms with Crippen LogP contribution in [0.5, 0.6) is 11.5 Å². The topological polar surface area (TPSA) is 61.2 Å². The van der Waals surface area contributed by atoms with E-state index >= 15 is 0 Å². The number of anilines is 1. The molecule has 1 heterocycles. The van der Waals surface area contributed by atoms with E-state index in [9.17, 15) is 4.79 Å². The average Bonchev–Trinajstić information content (AvgIpc) is 2.69. The molecule has 1 fully saturated rings. The van der Waals surface area contributed by atoms with Crippen LogP contribution in [0, 0.1) is 0 Å². The van der Waals surface area contributed by atoms with Crippen molar-refractivity contribution in [1.82, 2.24) is 0 Å². The predicted octanol–water partition coefficient (Wildman–Crippen LogP) is 1.37. The van der Waals surface area contributed by atoms with Gasteiger partial charge in [-0.2, -0.15) is 0 Å². The third kappa shape index (κ3) is 4.74. The van der Waals surface area contributed by atoms with Crippen molar-refractivity contribution in [3.63, 3.8) is 0 Å². The molecule has 0 atom stereocenters. The summed E-state index contributed by atoms with van der Waals surface area (Å²) in [5, 5.41) is 2.91. The Labute approximate surface area is 153 Å². The van der Waals surface area contributed by atoms with Gasteiger partial charge in [0.05, 0.1) is 27.4 Å². The van der Waals surface area contributed by atoms with Crippen molar-refractivity contribution < 1.29 is 23.9 Å². The second kappa shape index (κ2) is 8.69. The van der Waals surface area contributed by atoms with Crippen LogP contribution in [0.2, 0.25) is 0 Å². The smallest absolute Gasteiger partial charge is 0.255 e. The zero-order chi connectivity index (χ0) is 18.4. The molecule has 0 radical (unpaired) electrons. The molecule has 0 spiro atoms. The number of methoxy groups -OCH3 is 2. The molecule has 1 aliphatic rings. The number of carbonyl (C=O) groups excluding carboxylic acids is 1. The molecular weight excluding hydrogens is 332 g/mol. The molecule has 1 amide bonds. The number of hydrogen-bond acceptors (Lipinski definition) is 4. The predicted molar refractivity (Wildman–Crippen MR) is 99.2 cm³/mol. The molecule has 0 bridgehead atoms. The largest absolute Gasteiger partial charge is 0.497 e. The third-order valence-corrected chi connectivity index (χ3v) is 4.48. The van der Waals surface area contributed by atoms with Crippen molar-refractivity contribution in [3.05, 3.63) is 53.6 Å². The van der Waals surface area contributed by atoms with Crippen LogP contribution in [-0.4, -0.2) is 46.4 Å². The first kappa shape index (κ1) is 18.2. The molecule has 3 rings (SSSR count). The van der Waals surface area contributed by atoms with E-state index in [-0.39, 0.29) is 5.91 Å². The maximum Gasteiger partial charge on any atom is 0.255 e. The van der Waals surface area contributed by atoms with Crippen LogP contribution >= 0.6 is 0 Å². The van der Waals surface area contributed by atoms with Crippen LogP contribution in [0.1, 0.15) is 15.9 Å². The van der Waals surface area contributed by atoms with Gasteiger partial charge in [0, 0.05) is 22.9 Å². The first-order valence-corrected chi connectivity index (χ1v) is 8.72. The highest BCUT2D eigenvalue weighted by Crippen LogP contribution is 2.23. The summed E-state index contributed by atoms with van der Waals surface area (Å²) in [6.45, 7) is 4.71. The number of rotatable bonds is 6. The van der Waals surface area contributed by atoms with Crippen molar-refractivity contribution >= 4 is 11.6 Å². The van der Waals surface area contributed by atoms with E-state index in [0.29, 0.717) is 17.1 Å². The minimum atomic E-state index is -0.200. The van der Waals surface area contributed by atoms with Crippen molar-refractivity contribution in [1.29, 1.82) is 0 Å². The number of amides is 1. The fourth-order valence-electron chi connectivity index (χ4n) is 2.97. The van der Waals surface area contributed by atoms with Crippen molar-refractivity contribution in [2.45, 2.75) is 6.54 Å². The number of quaternary nitrogens is 1. The normalized spacial score (nSPS) is 14.7. The standard InChI is InChI=1S/C20H24N2O4/c1-24-18-11-16(12-19(13-18)25-2)20(23)21-17-5-3-15(4-6-17)14-22-7-9-26-10-8-22/h3-6,11-13H,7-10,14H2,1-2H3,(H,21,23)/p+1. The molecular formula is C20H25N2O4+. The quantitative estimate of drug-likeness (QED) is 0.820. The Bertz CT molecular complexity index is 718. The Kier molecular flexibility index (Phi) is 6.09. The Morgan fingerprint density at radius 3 is 2.23 bits per heavy atom. The molecule has 1 aliphatic heterocycles. The zero-order valence-electron chi connectivity index (χ0n) is 15.2. The minimum Gasteiger partial charge on any atom is -0.497 e. The summed E-state index contributed by atoms with van der Waals surface area (Å²) in [6, 6.07) is 13.1. The fourth-order valence-corrected chi connectivity index (χ4v) is 2.97. The molecule has 6 heteroatoms. The highest BCUT2D eigenvalue weighted by atomic mass is 16.5. The van der Waals surface area contributed by atoms with E-state index in [4.69, 9.17) is 14.2 Å². The summed E-state index contributed by atoms with van der Waals surface area (Å²) in [5.74, 6) is 0.963. The number of carbonyl (C=O) groups is 1. The Morgan fingerprint density at radius 1 is 1.04 bits per heavy atom. The number of ether oxygens (including phenoxy) is 3. The van der Waals surface area contributed by atoms with Crippen LogP contribution in [0.3, 0.4) is 0 Å². The van der Waals surface area contributed by atoms with E-state index in [2.05, 4.69) is 17.4 Å². The maximum atomic E-state index is 12.5. The van der Waals surface area contributed by atoms with E-state index in [1.807, 2.05) is 12.1 Å². The monoisotopic (exact) mass is 357 g/mol. The van der Waals surface area contributed by atoms with E-state index in [1.165, 1.54) is 10.5 Å². The lowest BCUT2D eigenvalue weighted by atomic mass is 10.1. The first-order chi connectivity index (χ1) is 12.7. The van der Waals surface area contributed by atoms with E-state index in [0.717, 1.165) is 38.5 Å². The lowest BCUT2D eigenvalue weighted by Crippen LogP contribution is -3.12. The van der Waals surface area contributed by atoms with E-state index in [1.54, 1.807) is 32.4 Å². The third-order valence-electron chi connectivity index (χ3n) is 4.48. The zero-order valence-corrected chi connectivity index (χ0v) is 15.2. The average molecular weight is 357 g/mol. The summed E-state index contributed by atoms with van der Waals surface area (Å²) in [4.78, 5) is 14.0. The summed E-state index contributed by atoms with van der Waals surface area (Å²) >= 11 is 0. The molecule has 138 valence electrons. The number of nitrogens with one attached hydrogen (secondary N) is 2. The van der Waals surface area contributed by atoms with Gasteiger partial charge < -0.3 is 24.4 Å². The van der Waals surface area contributed by atoms with E-state index < -0.39 is 0 Å². The summed E-state index contributed by atoms with van der Waals surface area (Å²) < 4.78 is 15.8. The van der Waals surface area contributed by atoms with Gasteiger partial charge in [-0.05, 0) is 24.3 Å². The van der Waals surface area contributed by atoms with Gasteiger partial charge in [0.2, 0.25) is 0 Å². The fraction of sp³-hybridized carbons (Fsp3) is 0.350. The van der Waals surface area contributed by atoms with Crippen molar-refractivity contribution in [2.75, 3.05) is 45.8 Å². The van der Waals surface area contributed by atoms with Gasteiger partial charge in [0.25, 0.3) is 5.91 Å². The molecule has 6 nitrogen and oxygen atoms in total. The SMILES string of the molecule is COc1cc(OC)cc(C(=O)Nc2ccc(C[NH+]3CCOCC3)cc2)c1. The Hall–Kier alpha value is -2.57. The number of morpholine rings is 1. The van der Waals surface area contributed by atoms with Crippen molar-refractivity contribution in [2.24, 2.45) is 0 Å². The second-order valence-electron chi connectivity index (χ2n) is 6.29. The number of benzene rings is 2. The molecule has 2 N–H and O–H groups in total. The van der Waals surface area contributed by atoms with Gasteiger partial charge in [0.1, 0.15) is 31.1 Å². The first-order valence-electron chi connectivity index (χ1n) is 8.72. The minimum absolute atomic E-state index is 0.200. The highest BCUT2D eigenvalue weighted by Gasteiger charge is 2.14. The van der Waals surface area contributed by atoms with Gasteiger partial charge in [-0.25, -0.2) is 0 Å². The molecule has 1 saturated heterocycles. The lowest BCUT2D eigenvalue weighted by molar-refractivity contribution is -0.921. The Balaban J connectivity index is 1.64. The molecule has 2 aromatic carbocycles. The molecule has 0 saturated carbocycles. The van der Waals surface area contributed by atoms with Gasteiger partial charge in [-0.3, -0.25) is 4.79 Å². The second-order valence-corrected chi connectivity index (χ2v) is 6.29. The number of hydrogen-bond donors (Lipinski definition) is 2. The van der Waals surface area contributed by atoms with Gasteiger partial charge >= 0.3 is 0 Å². The molecule has 0 aliphatic carbocycles. The van der Waals surface area contributed by atoms with Gasteiger partial charge in [0.15, 0.2) is 0 Å². The van der Waals surface area contributed by atoms with Crippen LogP contribution < -0.4 is 19.7 Å². The van der Waals surface area contributed by atoms with Crippen LogP contribution in [-0.2, 0) is 11.3 Å². The molecule has 0 aromatic heterocycles. The lowest BCUT2D eigenvalue weighted by Gasteiger charge is -2.23. The molecule has 2 aromatic rings. The molecule has 0 unspecified atom stereocenters. The van der Waals surface area contributed by atoms with Gasteiger partial charge in [-0.15, -0.1) is 0 Å². The maximum absolute atomic E-state index is 12.5. The Morgan fingerprint density at radius 2 is 1.65 bits per heavy atom. The van der Waals surface area contributed by atoms with Crippen molar-refractivity contribution in [3.8, 4) is 11.5 Å². The summed E-state index contributed by atoms with van der Waals surface area (Å²) in [6.07, 6.45) is 0. The van der Waals surface area contributed by atoms with Crippen LogP contribution in [0.15, 0.2) is 42.5 Å². The van der Waals surface area contributed by atoms with Gasteiger partial charge in [-0.1, -0.05) is 12.1 Å². The highest BCUT2D eigenvalue weighted by molar-refractivity contribution is 6.04. The van der Waals surface area contributed by atoms with Crippen LogP contribution in [0.25, 0.3) is 0 Å². The molecule has 26 heavy (non-hydrogen) atoms. The summed E-state index contributed by atoms with van der Waals surface area (Å²) in [7, 11) is 3.12. The van der Waals surface area contributed by atoms with Crippen LogP contribution in [0.4, 0.5) is 5.69 Å².